The molecule has 0 aromatic heterocycles. The van der Waals surface area contributed by atoms with E-state index in [0.29, 0.717) is 13.0 Å². The minimum absolute atomic E-state index is 0.124. The maximum atomic E-state index is 13.6. The number of amides is 2. The molecule has 0 saturated carbocycles. The third-order valence-electron chi connectivity index (χ3n) is 4.30. The Labute approximate surface area is 157 Å². The van der Waals surface area contributed by atoms with E-state index in [2.05, 4.69) is 34.9 Å². The van der Waals surface area contributed by atoms with E-state index < -0.39 is 17.7 Å². The molecule has 0 radical (unpaired) electrons. The van der Waals surface area contributed by atoms with Gasteiger partial charge < -0.3 is 10.6 Å². The molecule has 0 aliphatic carbocycles. The number of benzene rings is 3. The Morgan fingerprint density at radius 3 is 2.04 bits per heavy atom. The van der Waals surface area contributed by atoms with Gasteiger partial charge in [-0.3, -0.25) is 0 Å². The van der Waals surface area contributed by atoms with E-state index in [9.17, 15) is 13.6 Å². The van der Waals surface area contributed by atoms with Gasteiger partial charge in [-0.25, -0.2) is 13.6 Å². The highest BCUT2D eigenvalue weighted by Crippen LogP contribution is 2.27. The van der Waals surface area contributed by atoms with Gasteiger partial charge in [0.15, 0.2) is 0 Å². The van der Waals surface area contributed by atoms with Crippen molar-refractivity contribution in [1.29, 1.82) is 0 Å². The molecule has 2 N–H and O–H groups in total. The molecule has 0 fully saturated rings. The van der Waals surface area contributed by atoms with Crippen molar-refractivity contribution in [3.05, 3.63) is 102 Å². The summed E-state index contributed by atoms with van der Waals surface area (Å²) in [6, 6.07) is 22.4. The summed E-state index contributed by atoms with van der Waals surface area (Å²) in [5.74, 6) is -1.17. The number of carbonyl (C=O) groups is 1. The molecule has 0 aliphatic rings. The van der Waals surface area contributed by atoms with Crippen LogP contribution in [0.3, 0.4) is 0 Å². The molecule has 3 aromatic carbocycles. The molecule has 3 nitrogen and oxygen atoms in total. The van der Waals surface area contributed by atoms with Crippen molar-refractivity contribution >= 4 is 11.7 Å². The van der Waals surface area contributed by atoms with Crippen LogP contribution in [-0.2, 0) is 0 Å². The zero-order valence-electron chi connectivity index (χ0n) is 14.7. The van der Waals surface area contributed by atoms with Gasteiger partial charge in [-0.2, -0.15) is 0 Å². The van der Waals surface area contributed by atoms with Crippen LogP contribution in [0.5, 0.6) is 0 Å². The Morgan fingerprint density at radius 2 is 1.44 bits per heavy atom. The Balaban J connectivity index is 1.62. The van der Waals surface area contributed by atoms with Gasteiger partial charge in [0.2, 0.25) is 0 Å². The summed E-state index contributed by atoms with van der Waals surface area (Å²) in [4.78, 5) is 12.0. The normalized spacial score (nSPS) is 10.6. The smallest absolute Gasteiger partial charge is 0.319 e. The highest BCUT2D eigenvalue weighted by atomic mass is 19.1. The van der Waals surface area contributed by atoms with Crippen molar-refractivity contribution in [1.82, 2.24) is 5.32 Å². The lowest BCUT2D eigenvalue weighted by Crippen LogP contribution is -2.30. The highest BCUT2D eigenvalue weighted by molar-refractivity contribution is 5.89. The van der Waals surface area contributed by atoms with Crippen LogP contribution in [0.2, 0.25) is 0 Å². The van der Waals surface area contributed by atoms with E-state index in [-0.39, 0.29) is 11.6 Å². The first-order chi connectivity index (χ1) is 13.1. The topological polar surface area (TPSA) is 41.1 Å². The lowest BCUT2D eigenvalue weighted by atomic mass is 9.88. The number of halogens is 2. The number of carbonyl (C=O) groups excluding carboxylic acids is 1. The summed E-state index contributed by atoms with van der Waals surface area (Å²) < 4.78 is 26.8. The van der Waals surface area contributed by atoms with E-state index in [1.807, 2.05) is 36.4 Å². The van der Waals surface area contributed by atoms with Crippen molar-refractivity contribution in [3.8, 4) is 0 Å². The fourth-order valence-electron chi connectivity index (χ4n) is 2.99. The predicted octanol–water partition coefficient (Wildman–Crippen LogP) is 5.31. The number of nitrogens with one attached hydrogen (secondary N) is 2. The van der Waals surface area contributed by atoms with Gasteiger partial charge in [-0.15, -0.1) is 0 Å². The molecule has 27 heavy (non-hydrogen) atoms. The second-order valence-electron chi connectivity index (χ2n) is 6.17. The van der Waals surface area contributed by atoms with Crippen LogP contribution in [0.15, 0.2) is 78.9 Å². The Hall–Kier alpha value is -3.21. The summed E-state index contributed by atoms with van der Waals surface area (Å²) in [7, 11) is 0. The fraction of sp³-hybridized carbons (Fsp3) is 0.136. The van der Waals surface area contributed by atoms with Crippen LogP contribution in [0.25, 0.3) is 0 Å². The summed E-state index contributed by atoms with van der Waals surface area (Å²) in [6.07, 6.45) is 0.674. The standard InChI is InChI=1S/C22H20F2N2O/c23-18-11-12-20(24)21(15-18)26-22(27)25-14-13-19(16-7-3-1-4-8-16)17-9-5-2-6-10-17/h1-12,15,19H,13-14H2,(H2,25,26,27). The Bertz CT molecular complexity index is 846. The van der Waals surface area contributed by atoms with E-state index in [1.165, 1.54) is 0 Å². The van der Waals surface area contributed by atoms with Gasteiger partial charge in [0.05, 0.1) is 5.69 Å². The lowest BCUT2D eigenvalue weighted by molar-refractivity contribution is 0.251. The average Bonchev–Trinajstić information content (AvgIpc) is 2.69. The Morgan fingerprint density at radius 1 is 0.852 bits per heavy atom. The summed E-state index contributed by atoms with van der Waals surface area (Å²) in [6.45, 7) is 0.386. The third-order valence-corrected chi connectivity index (χ3v) is 4.30. The van der Waals surface area contributed by atoms with E-state index in [1.54, 1.807) is 0 Å². The highest BCUT2D eigenvalue weighted by Gasteiger charge is 2.14. The molecular weight excluding hydrogens is 346 g/mol. The molecular formula is C22H20F2N2O. The molecule has 0 saturated heterocycles. The zero-order valence-corrected chi connectivity index (χ0v) is 14.7. The first kappa shape index (κ1) is 18.6. The largest absolute Gasteiger partial charge is 0.338 e. The van der Waals surface area contributed by atoms with Crippen LogP contribution in [0.1, 0.15) is 23.5 Å². The van der Waals surface area contributed by atoms with Crippen molar-refractivity contribution in [2.45, 2.75) is 12.3 Å². The fourth-order valence-corrected chi connectivity index (χ4v) is 2.99. The van der Waals surface area contributed by atoms with Gasteiger partial charge in [-0.1, -0.05) is 60.7 Å². The predicted molar refractivity (Wildman–Crippen MR) is 103 cm³/mol. The SMILES string of the molecule is O=C(NCCC(c1ccccc1)c1ccccc1)Nc1cc(F)ccc1F. The number of hydrogen-bond donors (Lipinski definition) is 2. The average molecular weight is 366 g/mol. The molecule has 0 atom stereocenters. The molecule has 0 heterocycles. The monoisotopic (exact) mass is 366 g/mol. The lowest BCUT2D eigenvalue weighted by Gasteiger charge is -2.18. The molecule has 2 amide bonds. The Kier molecular flexibility index (Phi) is 6.15. The van der Waals surface area contributed by atoms with Crippen molar-refractivity contribution < 1.29 is 13.6 Å². The molecule has 0 unspecified atom stereocenters. The second kappa shape index (κ2) is 8.94. The summed E-state index contributed by atoms with van der Waals surface area (Å²) in [5, 5.41) is 5.05. The maximum absolute atomic E-state index is 13.6. The molecule has 3 aromatic rings. The molecule has 0 bridgehead atoms. The zero-order chi connectivity index (χ0) is 19.1. The quantitative estimate of drug-likeness (QED) is 0.610. The van der Waals surface area contributed by atoms with E-state index in [0.717, 1.165) is 29.3 Å². The van der Waals surface area contributed by atoms with Crippen molar-refractivity contribution in [3.63, 3.8) is 0 Å². The molecule has 138 valence electrons. The van der Waals surface area contributed by atoms with E-state index >= 15 is 0 Å². The van der Waals surface area contributed by atoms with Crippen LogP contribution in [0, 0.1) is 11.6 Å². The molecule has 5 heteroatoms. The first-order valence-corrected chi connectivity index (χ1v) is 8.73. The first-order valence-electron chi connectivity index (χ1n) is 8.73. The van der Waals surface area contributed by atoms with Gasteiger partial charge in [0, 0.05) is 18.5 Å². The second-order valence-corrected chi connectivity index (χ2v) is 6.17. The van der Waals surface area contributed by atoms with Crippen LogP contribution >= 0.6 is 0 Å². The van der Waals surface area contributed by atoms with Crippen molar-refractivity contribution in [2.24, 2.45) is 0 Å². The summed E-state index contributed by atoms with van der Waals surface area (Å²) >= 11 is 0. The van der Waals surface area contributed by atoms with Gasteiger partial charge in [0.25, 0.3) is 0 Å². The minimum atomic E-state index is -0.682. The molecule has 0 aliphatic heterocycles. The van der Waals surface area contributed by atoms with E-state index in [4.69, 9.17) is 0 Å². The van der Waals surface area contributed by atoms with Crippen LogP contribution in [0.4, 0.5) is 19.3 Å². The van der Waals surface area contributed by atoms with Gasteiger partial charge in [0.1, 0.15) is 11.6 Å². The number of anilines is 1. The van der Waals surface area contributed by atoms with Crippen molar-refractivity contribution in [2.75, 3.05) is 11.9 Å². The number of urea groups is 1. The number of rotatable bonds is 6. The van der Waals surface area contributed by atoms with Gasteiger partial charge in [-0.05, 0) is 29.7 Å². The third kappa shape index (κ3) is 5.14. The van der Waals surface area contributed by atoms with Gasteiger partial charge >= 0.3 is 6.03 Å². The minimum Gasteiger partial charge on any atom is -0.338 e. The molecule has 3 rings (SSSR count). The van der Waals surface area contributed by atoms with Crippen LogP contribution in [-0.4, -0.2) is 12.6 Å². The summed E-state index contributed by atoms with van der Waals surface area (Å²) in [5.41, 5.74) is 2.12. The van der Waals surface area contributed by atoms with Crippen LogP contribution < -0.4 is 10.6 Å². The maximum Gasteiger partial charge on any atom is 0.319 e. The molecule has 0 spiro atoms. The number of hydrogen-bond acceptors (Lipinski definition) is 1.